The number of likely N-dealkylation sites (N-methyl/N-ethyl adjacent to an activating group) is 1. The van der Waals surface area contributed by atoms with E-state index in [2.05, 4.69) is 25.5 Å². The minimum absolute atomic E-state index is 0.0849. The van der Waals surface area contributed by atoms with Gasteiger partial charge in [-0.15, -0.1) is 0 Å². The van der Waals surface area contributed by atoms with E-state index in [1.54, 1.807) is 19.3 Å². The second-order valence-electron chi connectivity index (χ2n) is 8.24. The maximum atomic E-state index is 12.6. The molecule has 1 saturated heterocycles. The summed E-state index contributed by atoms with van der Waals surface area (Å²) in [4.78, 5) is 35.1. The number of nitrogens with zero attached hydrogens (tertiary/aromatic N) is 4. The predicted molar refractivity (Wildman–Crippen MR) is 131 cm³/mol. The van der Waals surface area contributed by atoms with Gasteiger partial charge in [0.15, 0.2) is 18.2 Å². The number of amides is 1. The van der Waals surface area contributed by atoms with Crippen LogP contribution in [0.3, 0.4) is 0 Å². The molecule has 11 heteroatoms. The second-order valence-corrected chi connectivity index (χ2v) is 8.64. The molecule has 2 aromatic heterocycles. The molecule has 0 bridgehead atoms. The van der Waals surface area contributed by atoms with Crippen molar-refractivity contribution in [1.29, 1.82) is 0 Å². The van der Waals surface area contributed by atoms with Crippen LogP contribution < -0.4 is 25.8 Å². The number of hydrogen-bond donors (Lipinski definition) is 3. The highest BCUT2D eigenvalue weighted by Gasteiger charge is 2.22. The van der Waals surface area contributed by atoms with E-state index in [1.807, 2.05) is 18.2 Å². The Morgan fingerprint density at radius 2 is 2.18 bits per heavy atom. The van der Waals surface area contributed by atoms with Crippen LogP contribution in [0.15, 0.2) is 35.3 Å². The third kappa shape index (κ3) is 5.07. The molecule has 1 atom stereocenters. The fourth-order valence-electron chi connectivity index (χ4n) is 3.98. The summed E-state index contributed by atoms with van der Waals surface area (Å²) >= 11 is 6.37. The number of nitrogens with one attached hydrogen (secondary N) is 2. The number of ether oxygens (including phenoxy) is 1. The molecule has 3 heterocycles. The Hall–Kier alpha value is -3.37. The zero-order valence-electron chi connectivity index (χ0n) is 19.0. The van der Waals surface area contributed by atoms with E-state index >= 15 is 0 Å². The van der Waals surface area contributed by atoms with Crippen LogP contribution in [0.4, 0.5) is 17.5 Å². The van der Waals surface area contributed by atoms with Gasteiger partial charge in [-0.05, 0) is 43.0 Å². The van der Waals surface area contributed by atoms with Crippen molar-refractivity contribution in [2.45, 2.75) is 12.8 Å². The van der Waals surface area contributed by atoms with Gasteiger partial charge in [0.1, 0.15) is 5.02 Å². The van der Waals surface area contributed by atoms with Crippen molar-refractivity contribution in [3.05, 3.63) is 45.8 Å². The Balaban J connectivity index is 1.61. The summed E-state index contributed by atoms with van der Waals surface area (Å²) in [6.07, 6.45) is 3.51. The van der Waals surface area contributed by atoms with Gasteiger partial charge in [0.05, 0.1) is 11.7 Å². The van der Waals surface area contributed by atoms with Gasteiger partial charge in [-0.25, -0.2) is 4.98 Å². The fraction of sp³-hybridized carbons (Fsp3) is 0.391. The molecule has 3 N–H and O–H groups in total. The normalized spacial score (nSPS) is 15.9. The molecule has 10 nitrogen and oxygen atoms in total. The number of aromatic nitrogens is 3. The van der Waals surface area contributed by atoms with Gasteiger partial charge >= 0.3 is 0 Å². The third-order valence-corrected chi connectivity index (χ3v) is 6.16. The van der Waals surface area contributed by atoms with E-state index in [9.17, 15) is 14.7 Å². The van der Waals surface area contributed by atoms with Gasteiger partial charge < -0.3 is 29.9 Å². The topological polar surface area (TPSA) is 122 Å². The van der Waals surface area contributed by atoms with E-state index < -0.39 is 0 Å². The maximum absolute atomic E-state index is 12.6. The Kier molecular flexibility index (Phi) is 7.18. The number of hydrogen-bond acceptors (Lipinski definition) is 8. The van der Waals surface area contributed by atoms with Gasteiger partial charge in [-0.3, -0.25) is 9.59 Å². The van der Waals surface area contributed by atoms with Gasteiger partial charge in [0, 0.05) is 44.9 Å². The minimum atomic E-state index is -0.330. The van der Waals surface area contributed by atoms with E-state index in [0.717, 1.165) is 24.8 Å². The highest BCUT2D eigenvalue weighted by molar-refractivity contribution is 6.32. The molecule has 180 valence electrons. The van der Waals surface area contributed by atoms with E-state index in [-0.39, 0.29) is 36.3 Å². The van der Waals surface area contributed by atoms with Crippen molar-refractivity contribution in [2.75, 3.05) is 43.6 Å². The van der Waals surface area contributed by atoms with E-state index in [1.165, 1.54) is 11.6 Å². The quantitative estimate of drug-likeness (QED) is 0.464. The molecule has 3 aromatic rings. The molecule has 34 heavy (non-hydrogen) atoms. The lowest BCUT2D eigenvalue weighted by Gasteiger charge is -2.32. The lowest BCUT2D eigenvalue weighted by Crippen LogP contribution is -2.37. The average Bonchev–Trinajstić information content (AvgIpc) is 2.86. The number of anilines is 3. The number of piperidine rings is 1. The van der Waals surface area contributed by atoms with Crippen molar-refractivity contribution < 1.29 is 14.6 Å². The van der Waals surface area contributed by atoms with Gasteiger partial charge in [-0.1, -0.05) is 11.6 Å². The van der Waals surface area contributed by atoms with Gasteiger partial charge in [0.2, 0.25) is 5.95 Å². The van der Waals surface area contributed by atoms with Crippen LogP contribution in [0.25, 0.3) is 10.9 Å². The maximum Gasteiger partial charge on any atom is 0.293 e. The van der Waals surface area contributed by atoms with Gasteiger partial charge in [-0.2, -0.15) is 4.98 Å². The monoisotopic (exact) mass is 486 g/mol. The highest BCUT2D eigenvalue weighted by Crippen LogP contribution is 2.29. The predicted octanol–water partition coefficient (Wildman–Crippen LogP) is 2.06. The highest BCUT2D eigenvalue weighted by atomic mass is 35.5. The second kappa shape index (κ2) is 10.3. The van der Waals surface area contributed by atoms with Crippen LogP contribution in [0, 0.1) is 5.92 Å². The summed E-state index contributed by atoms with van der Waals surface area (Å²) in [5, 5.41) is 16.3. The number of aliphatic hydroxyl groups excluding tert-OH is 1. The first kappa shape index (κ1) is 23.8. The standard InChI is InChI=1S/C23H27ClN6O4/c1-25-20(32)13-34-19-9-15-8-16(5-6-18(15)29(2)22(19)33)27-21-17(24)10-26-23(28-21)30-7-3-4-14(11-30)12-31/h5-6,8-10,14,31H,3-4,7,11-13H2,1-2H3,(H,25,32)(H,26,27,28). The Morgan fingerprint density at radius 3 is 2.94 bits per heavy atom. The first-order chi connectivity index (χ1) is 16.4. The zero-order valence-corrected chi connectivity index (χ0v) is 19.8. The van der Waals surface area contributed by atoms with Crippen molar-refractivity contribution in [2.24, 2.45) is 13.0 Å². The fourth-order valence-corrected chi connectivity index (χ4v) is 4.12. The Bertz CT molecular complexity index is 1260. The molecule has 1 fully saturated rings. The van der Waals surface area contributed by atoms with Crippen LogP contribution in [0.5, 0.6) is 5.75 Å². The average molecular weight is 487 g/mol. The molecule has 0 aliphatic carbocycles. The Labute approximate surface area is 201 Å². The summed E-state index contributed by atoms with van der Waals surface area (Å²) in [6, 6.07) is 7.10. The van der Waals surface area contributed by atoms with Crippen molar-refractivity contribution in [3.8, 4) is 5.75 Å². The minimum Gasteiger partial charge on any atom is -0.478 e. The third-order valence-electron chi connectivity index (χ3n) is 5.88. The molecule has 1 unspecified atom stereocenters. The molecule has 1 aromatic carbocycles. The molecular weight excluding hydrogens is 460 g/mol. The molecule has 0 spiro atoms. The van der Waals surface area contributed by atoms with Crippen molar-refractivity contribution >= 4 is 45.9 Å². The number of rotatable bonds is 7. The number of aliphatic hydroxyl groups is 1. The number of aryl methyl sites for hydroxylation is 1. The van der Waals surface area contributed by atoms with Crippen LogP contribution in [-0.2, 0) is 11.8 Å². The first-order valence-electron chi connectivity index (χ1n) is 11.0. The smallest absolute Gasteiger partial charge is 0.293 e. The summed E-state index contributed by atoms with van der Waals surface area (Å²) in [5.74, 6) is 0.972. The zero-order chi connectivity index (χ0) is 24.2. The summed E-state index contributed by atoms with van der Waals surface area (Å²) < 4.78 is 6.90. The SMILES string of the molecule is CNC(=O)COc1cc2cc(Nc3nc(N4CCCC(CO)C4)ncc3Cl)ccc2n(C)c1=O. The molecule has 4 rings (SSSR count). The summed E-state index contributed by atoms with van der Waals surface area (Å²) in [7, 11) is 3.15. The van der Waals surface area contributed by atoms with Crippen LogP contribution in [0.2, 0.25) is 5.02 Å². The summed E-state index contributed by atoms with van der Waals surface area (Å²) in [6.45, 7) is 1.41. The molecule has 0 saturated carbocycles. The number of carbonyl (C=O) groups excluding carboxylic acids is 1. The summed E-state index contributed by atoms with van der Waals surface area (Å²) in [5.41, 5.74) is 1.09. The lowest BCUT2D eigenvalue weighted by molar-refractivity contribution is -0.122. The molecule has 1 aliphatic rings. The van der Waals surface area contributed by atoms with Crippen LogP contribution in [-0.4, -0.2) is 58.9 Å². The van der Waals surface area contributed by atoms with Crippen molar-refractivity contribution in [3.63, 3.8) is 0 Å². The Morgan fingerprint density at radius 1 is 1.35 bits per heavy atom. The molecular formula is C23H27ClN6O4. The van der Waals surface area contributed by atoms with Gasteiger partial charge in [0.25, 0.3) is 11.5 Å². The molecule has 0 radical (unpaired) electrons. The van der Waals surface area contributed by atoms with Crippen molar-refractivity contribution in [1.82, 2.24) is 19.9 Å². The molecule has 1 aliphatic heterocycles. The number of pyridine rings is 1. The number of halogens is 1. The van der Waals surface area contributed by atoms with Crippen LogP contribution in [0.1, 0.15) is 12.8 Å². The van der Waals surface area contributed by atoms with E-state index in [4.69, 9.17) is 16.3 Å². The first-order valence-corrected chi connectivity index (χ1v) is 11.4. The molecule has 1 amide bonds. The largest absolute Gasteiger partial charge is 0.478 e. The number of carbonyl (C=O) groups is 1. The number of fused-ring (bicyclic) bond motifs is 1. The number of benzene rings is 1. The van der Waals surface area contributed by atoms with E-state index in [0.29, 0.717) is 34.5 Å². The van der Waals surface area contributed by atoms with Crippen LogP contribution >= 0.6 is 11.6 Å². The lowest BCUT2D eigenvalue weighted by atomic mass is 9.99.